The molecule has 0 radical (unpaired) electrons. The highest BCUT2D eigenvalue weighted by Crippen LogP contribution is 2.25. The lowest BCUT2D eigenvalue weighted by Crippen LogP contribution is -2.52. The summed E-state index contributed by atoms with van der Waals surface area (Å²) in [6, 6.07) is 6.87. The van der Waals surface area contributed by atoms with Crippen molar-refractivity contribution in [3.8, 4) is 0 Å². The van der Waals surface area contributed by atoms with E-state index in [0.29, 0.717) is 13.0 Å². The third-order valence-corrected chi connectivity index (χ3v) is 4.16. The number of carboxylic acid groups (broad SMARTS) is 1. The van der Waals surface area contributed by atoms with Gasteiger partial charge in [-0.1, -0.05) is 24.3 Å². The van der Waals surface area contributed by atoms with E-state index in [-0.39, 0.29) is 6.03 Å². The summed E-state index contributed by atoms with van der Waals surface area (Å²) in [5.74, 6) is -0.924. The van der Waals surface area contributed by atoms with Gasteiger partial charge in [0.25, 0.3) is 0 Å². The second-order valence-electron chi connectivity index (χ2n) is 5.43. The number of carbonyl (C=O) groups is 2. The third kappa shape index (κ3) is 2.24. The number of benzene rings is 1. The first-order chi connectivity index (χ1) is 9.66. The predicted octanol–water partition coefficient (Wildman–Crippen LogP) is 1.71. The van der Waals surface area contributed by atoms with Crippen LogP contribution in [0.15, 0.2) is 24.3 Å². The minimum atomic E-state index is -0.924. The number of hydrogen-bond donors (Lipinski definition) is 1. The first-order valence-corrected chi connectivity index (χ1v) is 7.02. The zero-order valence-electron chi connectivity index (χ0n) is 11.3. The molecule has 20 heavy (non-hydrogen) atoms. The average molecular weight is 274 g/mol. The molecule has 106 valence electrons. The molecule has 1 aromatic carbocycles. The summed E-state index contributed by atoms with van der Waals surface area (Å²) in [5, 5.41) is 9.41. The van der Waals surface area contributed by atoms with E-state index >= 15 is 0 Å². The Kier molecular flexibility index (Phi) is 3.34. The summed E-state index contributed by atoms with van der Waals surface area (Å²) in [6.07, 6.45) is 2.41. The molecule has 1 fully saturated rings. The monoisotopic (exact) mass is 274 g/mol. The van der Waals surface area contributed by atoms with Crippen LogP contribution in [0.5, 0.6) is 0 Å². The van der Waals surface area contributed by atoms with Crippen LogP contribution >= 0.6 is 0 Å². The van der Waals surface area contributed by atoms with Gasteiger partial charge in [-0.15, -0.1) is 0 Å². The first kappa shape index (κ1) is 13.0. The molecule has 3 rings (SSSR count). The van der Waals surface area contributed by atoms with E-state index in [0.717, 1.165) is 37.1 Å². The fourth-order valence-electron chi connectivity index (χ4n) is 3.03. The number of nitrogens with zero attached hydrogens (tertiary/aromatic N) is 2. The number of amides is 2. The van der Waals surface area contributed by atoms with Crippen LogP contribution in [0.4, 0.5) is 4.79 Å². The van der Waals surface area contributed by atoms with Gasteiger partial charge in [-0.25, -0.2) is 9.59 Å². The molecule has 2 amide bonds. The van der Waals surface area contributed by atoms with Crippen molar-refractivity contribution in [3.05, 3.63) is 35.4 Å². The van der Waals surface area contributed by atoms with Gasteiger partial charge in [0, 0.05) is 26.1 Å². The van der Waals surface area contributed by atoms with Gasteiger partial charge in [0.2, 0.25) is 0 Å². The summed E-state index contributed by atoms with van der Waals surface area (Å²) >= 11 is 0. The van der Waals surface area contributed by atoms with Crippen molar-refractivity contribution in [2.24, 2.45) is 0 Å². The molecule has 0 aromatic heterocycles. The molecule has 0 saturated carbocycles. The van der Waals surface area contributed by atoms with Crippen LogP contribution in [0, 0.1) is 0 Å². The number of carbonyl (C=O) groups excluding carboxylic acids is 1. The van der Waals surface area contributed by atoms with Crippen LogP contribution in [0.1, 0.15) is 24.0 Å². The lowest BCUT2D eigenvalue weighted by atomic mass is 9.94. The zero-order chi connectivity index (χ0) is 14.1. The van der Waals surface area contributed by atoms with Crippen molar-refractivity contribution in [1.82, 2.24) is 9.80 Å². The van der Waals surface area contributed by atoms with Crippen LogP contribution in [-0.4, -0.2) is 46.0 Å². The standard InChI is InChI=1S/C15H18N2O3/c18-14(19)13-9-11-5-1-2-6-12(11)10-17(13)15(20)16-7-3-4-8-16/h1-2,5-6,13H,3-4,7-10H2,(H,18,19)/t13-/m1/s1. The number of fused-ring (bicyclic) bond motifs is 1. The highest BCUT2D eigenvalue weighted by Gasteiger charge is 2.36. The highest BCUT2D eigenvalue weighted by molar-refractivity contribution is 5.83. The Bertz CT molecular complexity index is 538. The van der Waals surface area contributed by atoms with Gasteiger partial charge < -0.3 is 14.9 Å². The topological polar surface area (TPSA) is 60.9 Å². The van der Waals surface area contributed by atoms with Gasteiger partial charge in [0.1, 0.15) is 6.04 Å². The van der Waals surface area contributed by atoms with Crippen LogP contribution in [0.2, 0.25) is 0 Å². The van der Waals surface area contributed by atoms with E-state index in [2.05, 4.69) is 0 Å². The summed E-state index contributed by atoms with van der Waals surface area (Å²) in [5.41, 5.74) is 2.09. The first-order valence-electron chi connectivity index (χ1n) is 7.02. The molecule has 0 spiro atoms. The fourth-order valence-corrected chi connectivity index (χ4v) is 3.03. The van der Waals surface area contributed by atoms with E-state index in [4.69, 9.17) is 0 Å². The van der Waals surface area contributed by atoms with Gasteiger partial charge in [0.15, 0.2) is 0 Å². The molecular weight excluding hydrogens is 256 g/mol. The van der Waals surface area contributed by atoms with Crippen molar-refractivity contribution >= 4 is 12.0 Å². The number of likely N-dealkylation sites (tertiary alicyclic amines) is 1. The van der Waals surface area contributed by atoms with Crippen molar-refractivity contribution in [3.63, 3.8) is 0 Å². The molecule has 1 atom stereocenters. The molecule has 2 aliphatic heterocycles. The quantitative estimate of drug-likeness (QED) is 0.848. The van der Waals surface area contributed by atoms with Crippen molar-refractivity contribution in [1.29, 1.82) is 0 Å². The Balaban J connectivity index is 1.88. The van der Waals surface area contributed by atoms with Crippen LogP contribution in [0.3, 0.4) is 0 Å². The maximum Gasteiger partial charge on any atom is 0.326 e. The molecule has 0 bridgehead atoms. The average Bonchev–Trinajstić information content (AvgIpc) is 2.99. The normalized spacial score (nSPS) is 21.7. The molecule has 0 aliphatic carbocycles. The van der Waals surface area contributed by atoms with E-state index in [1.165, 1.54) is 4.90 Å². The number of carboxylic acids is 1. The van der Waals surface area contributed by atoms with Gasteiger partial charge in [-0.05, 0) is 24.0 Å². The molecule has 2 aliphatic rings. The smallest absolute Gasteiger partial charge is 0.326 e. The Morgan fingerprint density at radius 3 is 2.40 bits per heavy atom. The maximum absolute atomic E-state index is 12.5. The summed E-state index contributed by atoms with van der Waals surface area (Å²) in [4.78, 5) is 27.3. The third-order valence-electron chi connectivity index (χ3n) is 4.16. The molecular formula is C15H18N2O3. The predicted molar refractivity (Wildman–Crippen MR) is 73.3 cm³/mol. The number of hydrogen-bond acceptors (Lipinski definition) is 2. The SMILES string of the molecule is O=C(O)[C@H]1Cc2ccccc2CN1C(=O)N1CCCC1. The van der Waals surface area contributed by atoms with Crippen molar-refractivity contribution in [2.45, 2.75) is 31.8 Å². The lowest BCUT2D eigenvalue weighted by molar-refractivity contribution is -0.142. The Morgan fingerprint density at radius 1 is 1.10 bits per heavy atom. The molecule has 1 aromatic rings. The Morgan fingerprint density at radius 2 is 1.75 bits per heavy atom. The Hall–Kier alpha value is -2.04. The summed E-state index contributed by atoms with van der Waals surface area (Å²) in [6.45, 7) is 1.87. The van der Waals surface area contributed by atoms with Gasteiger partial charge >= 0.3 is 12.0 Å². The van der Waals surface area contributed by atoms with Gasteiger partial charge in [0.05, 0.1) is 0 Å². The minimum absolute atomic E-state index is 0.135. The van der Waals surface area contributed by atoms with E-state index < -0.39 is 12.0 Å². The second-order valence-corrected chi connectivity index (χ2v) is 5.43. The maximum atomic E-state index is 12.5. The zero-order valence-corrected chi connectivity index (χ0v) is 11.3. The molecule has 2 heterocycles. The van der Waals surface area contributed by atoms with E-state index in [1.807, 2.05) is 24.3 Å². The number of urea groups is 1. The van der Waals surface area contributed by atoms with Gasteiger partial charge in [-0.3, -0.25) is 0 Å². The molecule has 1 N–H and O–H groups in total. The number of aliphatic carboxylic acids is 1. The van der Waals surface area contributed by atoms with E-state index in [9.17, 15) is 14.7 Å². The molecule has 1 saturated heterocycles. The minimum Gasteiger partial charge on any atom is -0.480 e. The Labute approximate surface area is 117 Å². The van der Waals surface area contributed by atoms with Crippen molar-refractivity contribution < 1.29 is 14.7 Å². The fraction of sp³-hybridized carbons (Fsp3) is 0.467. The largest absolute Gasteiger partial charge is 0.480 e. The second kappa shape index (κ2) is 5.15. The number of rotatable bonds is 1. The van der Waals surface area contributed by atoms with Crippen molar-refractivity contribution in [2.75, 3.05) is 13.1 Å². The van der Waals surface area contributed by atoms with Crippen LogP contribution in [0.25, 0.3) is 0 Å². The molecule has 0 unspecified atom stereocenters. The van der Waals surface area contributed by atoms with Crippen LogP contribution in [-0.2, 0) is 17.8 Å². The highest BCUT2D eigenvalue weighted by atomic mass is 16.4. The lowest BCUT2D eigenvalue weighted by Gasteiger charge is -2.36. The van der Waals surface area contributed by atoms with Gasteiger partial charge in [-0.2, -0.15) is 0 Å². The summed E-state index contributed by atoms with van der Waals surface area (Å²) < 4.78 is 0. The molecule has 5 nitrogen and oxygen atoms in total. The molecule has 5 heteroatoms. The van der Waals surface area contributed by atoms with E-state index in [1.54, 1.807) is 4.90 Å². The summed E-state index contributed by atoms with van der Waals surface area (Å²) in [7, 11) is 0. The van der Waals surface area contributed by atoms with Crippen LogP contribution < -0.4 is 0 Å².